The SMILES string of the molecule is O=C(CN1CC[C@@]2(CCCO2)[C@H](OCc2ccccc2)C1)Nc1cccc2c1CCCC2. The molecule has 0 aromatic heterocycles. The van der Waals surface area contributed by atoms with Crippen molar-refractivity contribution in [2.75, 3.05) is 31.6 Å². The minimum atomic E-state index is -0.194. The van der Waals surface area contributed by atoms with Crippen LogP contribution in [-0.2, 0) is 33.7 Å². The van der Waals surface area contributed by atoms with Crippen LogP contribution in [-0.4, -0.2) is 48.8 Å². The molecule has 0 bridgehead atoms. The third kappa shape index (κ3) is 4.75. The minimum absolute atomic E-state index is 0.0174. The maximum absolute atomic E-state index is 12.9. The summed E-state index contributed by atoms with van der Waals surface area (Å²) in [6.07, 6.45) is 7.66. The van der Waals surface area contributed by atoms with Crippen LogP contribution in [0, 0.1) is 0 Å². The molecule has 0 saturated carbocycles. The molecule has 2 aromatic rings. The molecule has 1 N–H and O–H groups in total. The molecule has 2 aromatic carbocycles. The highest BCUT2D eigenvalue weighted by molar-refractivity contribution is 5.93. The number of piperidine rings is 1. The van der Waals surface area contributed by atoms with Crippen molar-refractivity contribution in [1.29, 1.82) is 0 Å². The number of fused-ring (bicyclic) bond motifs is 1. The number of anilines is 1. The fourth-order valence-electron chi connectivity index (χ4n) is 5.58. The van der Waals surface area contributed by atoms with Gasteiger partial charge in [0.05, 0.1) is 24.9 Å². The van der Waals surface area contributed by atoms with Gasteiger partial charge < -0.3 is 14.8 Å². The number of amides is 1. The smallest absolute Gasteiger partial charge is 0.238 e. The zero-order chi connectivity index (χ0) is 21.8. The summed E-state index contributed by atoms with van der Waals surface area (Å²) in [6.45, 7) is 3.38. The molecular formula is C27H34N2O3. The van der Waals surface area contributed by atoms with Crippen molar-refractivity contribution in [3.05, 3.63) is 65.2 Å². The van der Waals surface area contributed by atoms with E-state index in [4.69, 9.17) is 9.47 Å². The average Bonchev–Trinajstić information content (AvgIpc) is 3.30. The quantitative estimate of drug-likeness (QED) is 0.735. The molecule has 5 rings (SSSR count). The normalized spacial score (nSPS) is 25.6. The molecule has 2 fully saturated rings. The molecule has 1 aliphatic carbocycles. The number of carbonyl (C=O) groups is 1. The van der Waals surface area contributed by atoms with Gasteiger partial charge in [0.15, 0.2) is 0 Å². The van der Waals surface area contributed by atoms with Gasteiger partial charge in [0.1, 0.15) is 0 Å². The van der Waals surface area contributed by atoms with E-state index < -0.39 is 0 Å². The summed E-state index contributed by atoms with van der Waals surface area (Å²) in [5.74, 6) is 0.0640. The van der Waals surface area contributed by atoms with Gasteiger partial charge in [-0.2, -0.15) is 0 Å². The maximum Gasteiger partial charge on any atom is 0.238 e. The van der Waals surface area contributed by atoms with E-state index in [1.807, 2.05) is 24.3 Å². The van der Waals surface area contributed by atoms with E-state index in [0.29, 0.717) is 13.2 Å². The van der Waals surface area contributed by atoms with E-state index in [9.17, 15) is 4.79 Å². The fourth-order valence-corrected chi connectivity index (χ4v) is 5.58. The number of nitrogens with one attached hydrogen (secondary N) is 1. The Morgan fingerprint density at radius 2 is 1.94 bits per heavy atom. The number of carbonyl (C=O) groups excluding carboxylic acids is 1. The number of hydrogen-bond donors (Lipinski definition) is 1. The van der Waals surface area contributed by atoms with Crippen molar-refractivity contribution in [2.45, 2.75) is 63.3 Å². The molecule has 0 unspecified atom stereocenters. The highest BCUT2D eigenvalue weighted by atomic mass is 16.6. The van der Waals surface area contributed by atoms with Gasteiger partial charge >= 0.3 is 0 Å². The van der Waals surface area contributed by atoms with Crippen LogP contribution in [0.15, 0.2) is 48.5 Å². The second-order valence-electron chi connectivity index (χ2n) is 9.49. The summed E-state index contributed by atoms with van der Waals surface area (Å²) in [7, 11) is 0. The van der Waals surface area contributed by atoms with Crippen molar-refractivity contribution in [3.63, 3.8) is 0 Å². The maximum atomic E-state index is 12.9. The van der Waals surface area contributed by atoms with Gasteiger partial charge in [0, 0.05) is 25.4 Å². The topological polar surface area (TPSA) is 50.8 Å². The van der Waals surface area contributed by atoms with E-state index in [0.717, 1.165) is 57.5 Å². The Kier molecular flexibility index (Phi) is 6.58. The Balaban J connectivity index is 1.22. The number of ether oxygens (including phenoxy) is 2. The van der Waals surface area contributed by atoms with Crippen LogP contribution in [0.4, 0.5) is 5.69 Å². The first kappa shape index (κ1) is 21.6. The number of aryl methyl sites for hydroxylation is 1. The minimum Gasteiger partial charge on any atom is -0.372 e. The lowest BCUT2D eigenvalue weighted by Gasteiger charge is -2.44. The number of rotatable bonds is 6. The van der Waals surface area contributed by atoms with Crippen LogP contribution < -0.4 is 5.32 Å². The summed E-state index contributed by atoms with van der Waals surface area (Å²) in [4.78, 5) is 15.2. The Morgan fingerprint density at radius 3 is 2.78 bits per heavy atom. The van der Waals surface area contributed by atoms with Crippen LogP contribution >= 0.6 is 0 Å². The zero-order valence-electron chi connectivity index (χ0n) is 18.9. The van der Waals surface area contributed by atoms with Gasteiger partial charge in [-0.3, -0.25) is 9.69 Å². The summed E-state index contributed by atoms with van der Waals surface area (Å²) in [5, 5.41) is 3.20. The highest BCUT2D eigenvalue weighted by Gasteiger charge is 2.47. The van der Waals surface area contributed by atoms with Gasteiger partial charge in [-0.15, -0.1) is 0 Å². The molecule has 1 amide bonds. The van der Waals surface area contributed by atoms with E-state index >= 15 is 0 Å². The number of likely N-dealkylation sites (tertiary alicyclic amines) is 1. The van der Waals surface area contributed by atoms with Crippen molar-refractivity contribution >= 4 is 11.6 Å². The van der Waals surface area contributed by atoms with Gasteiger partial charge in [-0.05, 0) is 67.7 Å². The number of benzene rings is 2. The molecule has 2 aliphatic heterocycles. The second-order valence-corrected chi connectivity index (χ2v) is 9.49. The van der Waals surface area contributed by atoms with Crippen LogP contribution in [0.5, 0.6) is 0 Å². The van der Waals surface area contributed by atoms with E-state index in [-0.39, 0.29) is 17.6 Å². The molecule has 170 valence electrons. The molecule has 32 heavy (non-hydrogen) atoms. The average molecular weight is 435 g/mol. The van der Waals surface area contributed by atoms with Gasteiger partial charge in [-0.25, -0.2) is 0 Å². The predicted molar refractivity (Wildman–Crippen MR) is 126 cm³/mol. The zero-order valence-corrected chi connectivity index (χ0v) is 18.9. The monoisotopic (exact) mass is 434 g/mol. The molecule has 2 heterocycles. The summed E-state index contributed by atoms with van der Waals surface area (Å²) in [6, 6.07) is 16.6. The second kappa shape index (κ2) is 9.74. The molecule has 5 heteroatoms. The molecule has 5 nitrogen and oxygen atoms in total. The van der Waals surface area contributed by atoms with Crippen LogP contribution in [0.3, 0.4) is 0 Å². The highest BCUT2D eigenvalue weighted by Crippen LogP contribution is 2.38. The van der Waals surface area contributed by atoms with E-state index in [1.165, 1.54) is 29.5 Å². The van der Waals surface area contributed by atoms with Crippen LogP contribution in [0.25, 0.3) is 0 Å². The molecular weight excluding hydrogens is 400 g/mol. The summed E-state index contributed by atoms with van der Waals surface area (Å²) < 4.78 is 12.7. The Morgan fingerprint density at radius 1 is 1.06 bits per heavy atom. The standard InChI is InChI=1S/C27H34N2O3/c30-26(28-24-13-6-11-22-10-4-5-12-23(22)24)19-29-16-15-27(14-7-17-32-27)25(18-29)31-20-21-8-2-1-3-9-21/h1-3,6,8-9,11,13,25H,4-5,7,10,12,14-20H2,(H,28,30)/t25-,27+/m1/s1. The first-order valence-electron chi connectivity index (χ1n) is 12.1. The first-order chi connectivity index (χ1) is 15.7. The van der Waals surface area contributed by atoms with Gasteiger partial charge in [-0.1, -0.05) is 42.5 Å². The molecule has 3 aliphatic rings. The molecule has 2 atom stereocenters. The Hall–Kier alpha value is -2.21. The number of nitrogens with zero attached hydrogens (tertiary/aromatic N) is 1. The lowest BCUT2D eigenvalue weighted by atomic mass is 9.85. The first-order valence-corrected chi connectivity index (χ1v) is 12.1. The van der Waals surface area contributed by atoms with Crippen molar-refractivity contribution in [2.24, 2.45) is 0 Å². The summed E-state index contributed by atoms with van der Waals surface area (Å²) >= 11 is 0. The third-order valence-corrected chi connectivity index (χ3v) is 7.33. The van der Waals surface area contributed by atoms with Crippen LogP contribution in [0.2, 0.25) is 0 Å². The van der Waals surface area contributed by atoms with E-state index in [1.54, 1.807) is 0 Å². The fraction of sp³-hybridized carbons (Fsp3) is 0.519. The number of hydrogen-bond acceptors (Lipinski definition) is 4. The van der Waals surface area contributed by atoms with E-state index in [2.05, 4.69) is 34.5 Å². The van der Waals surface area contributed by atoms with Crippen LogP contribution in [0.1, 0.15) is 48.8 Å². The Labute approximate surface area is 191 Å². The molecule has 0 radical (unpaired) electrons. The lowest BCUT2D eigenvalue weighted by Crippen LogP contribution is -2.57. The molecule has 2 saturated heterocycles. The molecule has 1 spiro atoms. The van der Waals surface area contributed by atoms with Gasteiger partial charge in [0.2, 0.25) is 5.91 Å². The predicted octanol–water partition coefficient (Wildman–Crippen LogP) is 4.34. The summed E-state index contributed by atoms with van der Waals surface area (Å²) in [5.41, 5.74) is 4.69. The van der Waals surface area contributed by atoms with Crippen molar-refractivity contribution < 1.29 is 14.3 Å². The van der Waals surface area contributed by atoms with Crippen molar-refractivity contribution in [1.82, 2.24) is 4.90 Å². The largest absolute Gasteiger partial charge is 0.372 e. The Bertz CT molecular complexity index is 924. The van der Waals surface area contributed by atoms with Crippen molar-refractivity contribution in [3.8, 4) is 0 Å². The van der Waals surface area contributed by atoms with Gasteiger partial charge in [0.25, 0.3) is 0 Å². The lowest BCUT2D eigenvalue weighted by molar-refractivity contribution is -0.159. The third-order valence-electron chi connectivity index (χ3n) is 7.33.